The van der Waals surface area contributed by atoms with Gasteiger partial charge in [0.2, 0.25) is 5.60 Å². The van der Waals surface area contributed by atoms with Crippen molar-refractivity contribution in [2.75, 3.05) is 0 Å². The van der Waals surface area contributed by atoms with E-state index in [-0.39, 0.29) is 37.0 Å². The molecule has 1 aromatic carbocycles. The van der Waals surface area contributed by atoms with Crippen LogP contribution < -0.4 is 5.56 Å². The molecule has 0 amide bonds. The van der Waals surface area contributed by atoms with E-state index in [4.69, 9.17) is 19.2 Å². The highest BCUT2D eigenvalue weighted by Gasteiger charge is 2.50. The number of para-hydroxylation sites is 1. The summed E-state index contributed by atoms with van der Waals surface area (Å²) in [6.45, 7) is 7.01. The number of hydrogen-bond donors (Lipinski definition) is 0. The third-order valence-electron chi connectivity index (χ3n) is 6.63. The molecule has 0 radical (unpaired) electrons. The number of benzene rings is 1. The standard InChI is InChI=1S/C28H28N2O7/c1-5-28(37-23(32)11-10-22(31)36-27(2,3)4)19-13-21-24-17(12-16-8-6-7-9-20(16)29-24)14-30(21)25(33)18(19)15-35-26(28)34/h6-9,12-13H,5,10-11,14-15H2,1-4H3/t28-/m0/s1. The number of carbonyl (C=O) groups excluding carboxylic acids is 3. The number of fused-ring (bicyclic) bond motifs is 5. The van der Waals surface area contributed by atoms with Gasteiger partial charge in [-0.25, -0.2) is 9.78 Å². The lowest BCUT2D eigenvalue weighted by atomic mass is 9.85. The first-order chi connectivity index (χ1) is 17.5. The van der Waals surface area contributed by atoms with E-state index in [1.54, 1.807) is 38.3 Å². The minimum absolute atomic E-state index is 0.0535. The molecule has 0 aliphatic carbocycles. The molecule has 0 fully saturated rings. The SMILES string of the molecule is CC[C@@]1(OC(=O)CCC(=O)OC(C)(C)C)C(=O)OCc2c1cc1n(c2=O)Cc2cc3ccccc3nc2-1. The van der Waals surface area contributed by atoms with Gasteiger partial charge in [-0.1, -0.05) is 25.1 Å². The van der Waals surface area contributed by atoms with Crippen molar-refractivity contribution in [2.45, 2.75) is 71.3 Å². The Labute approximate surface area is 213 Å². The molecule has 0 spiro atoms. The Morgan fingerprint density at radius 2 is 1.84 bits per heavy atom. The monoisotopic (exact) mass is 504 g/mol. The number of aromatic nitrogens is 2. The maximum atomic E-state index is 13.6. The Kier molecular flexibility index (Phi) is 5.89. The van der Waals surface area contributed by atoms with Gasteiger partial charge in [-0.05, 0) is 45.4 Å². The van der Waals surface area contributed by atoms with Crippen LogP contribution in [0.4, 0.5) is 0 Å². The lowest BCUT2D eigenvalue weighted by Gasteiger charge is -2.35. The number of cyclic esters (lactones) is 1. The highest BCUT2D eigenvalue weighted by Crippen LogP contribution is 2.41. The van der Waals surface area contributed by atoms with Gasteiger partial charge < -0.3 is 18.8 Å². The molecule has 0 saturated carbocycles. The van der Waals surface area contributed by atoms with E-state index < -0.39 is 29.1 Å². The molecule has 2 aliphatic rings. The molecule has 0 bridgehead atoms. The molecule has 3 aromatic rings. The van der Waals surface area contributed by atoms with Crippen LogP contribution >= 0.6 is 0 Å². The predicted molar refractivity (Wildman–Crippen MR) is 133 cm³/mol. The Bertz CT molecular complexity index is 1520. The van der Waals surface area contributed by atoms with E-state index >= 15 is 0 Å². The molecular formula is C28H28N2O7. The second kappa shape index (κ2) is 8.83. The summed E-state index contributed by atoms with van der Waals surface area (Å²) in [5, 5.41) is 0.965. The van der Waals surface area contributed by atoms with Gasteiger partial charge in [-0.15, -0.1) is 0 Å². The summed E-state index contributed by atoms with van der Waals surface area (Å²) in [7, 11) is 0. The number of hydrogen-bond acceptors (Lipinski definition) is 8. The number of pyridine rings is 2. The van der Waals surface area contributed by atoms with E-state index in [0.29, 0.717) is 23.5 Å². The molecule has 37 heavy (non-hydrogen) atoms. The molecule has 2 aliphatic heterocycles. The van der Waals surface area contributed by atoms with Gasteiger partial charge in [0.1, 0.15) is 12.2 Å². The maximum absolute atomic E-state index is 13.6. The Hall–Kier alpha value is -4.01. The average molecular weight is 505 g/mol. The number of esters is 3. The van der Waals surface area contributed by atoms with Crippen LogP contribution in [0.1, 0.15) is 63.6 Å². The predicted octanol–water partition coefficient (Wildman–Crippen LogP) is 3.75. The van der Waals surface area contributed by atoms with Crippen LogP contribution in [0, 0.1) is 0 Å². The topological polar surface area (TPSA) is 114 Å². The molecule has 9 heteroatoms. The van der Waals surface area contributed by atoms with Crippen molar-refractivity contribution in [3.63, 3.8) is 0 Å². The van der Waals surface area contributed by atoms with Crippen LogP contribution in [0.15, 0.2) is 41.2 Å². The molecule has 0 unspecified atom stereocenters. The molecular weight excluding hydrogens is 476 g/mol. The largest absolute Gasteiger partial charge is 0.460 e. The summed E-state index contributed by atoms with van der Waals surface area (Å²) in [5.41, 5.74) is 0.656. The van der Waals surface area contributed by atoms with Crippen LogP contribution in [-0.2, 0) is 47.3 Å². The normalized spacial score (nSPS) is 18.0. The zero-order valence-electron chi connectivity index (χ0n) is 21.3. The molecule has 0 N–H and O–H groups in total. The third-order valence-corrected chi connectivity index (χ3v) is 6.63. The highest BCUT2D eigenvalue weighted by molar-refractivity contribution is 5.89. The van der Waals surface area contributed by atoms with Gasteiger partial charge in [0.15, 0.2) is 0 Å². The van der Waals surface area contributed by atoms with Crippen molar-refractivity contribution in [3.8, 4) is 11.4 Å². The summed E-state index contributed by atoms with van der Waals surface area (Å²) in [4.78, 5) is 56.3. The Balaban J connectivity index is 1.52. The van der Waals surface area contributed by atoms with Crippen molar-refractivity contribution < 1.29 is 28.6 Å². The third kappa shape index (κ3) is 4.28. The van der Waals surface area contributed by atoms with Crippen LogP contribution in [0.2, 0.25) is 0 Å². The van der Waals surface area contributed by atoms with Crippen LogP contribution in [0.3, 0.4) is 0 Å². The molecule has 1 atom stereocenters. The number of rotatable bonds is 5. The fourth-order valence-electron chi connectivity index (χ4n) is 4.92. The van der Waals surface area contributed by atoms with Gasteiger partial charge in [0.25, 0.3) is 5.56 Å². The Morgan fingerprint density at radius 3 is 2.57 bits per heavy atom. The minimum atomic E-state index is -1.80. The first-order valence-corrected chi connectivity index (χ1v) is 12.3. The summed E-state index contributed by atoms with van der Waals surface area (Å²) in [6.07, 6.45) is -0.424. The smallest absolute Gasteiger partial charge is 0.355 e. The maximum Gasteiger partial charge on any atom is 0.355 e. The second-order valence-corrected chi connectivity index (χ2v) is 10.3. The number of carbonyl (C=O) groups is 3. The lowest BCUT2D eigenvalue weighted by molar-refractivity contribution is -0.190. The molecule has 9 nitrogen and oxygen atoms in total. The molecule has 0 saturated heterocycles. The van der Waals surface area contributed by atoms with Crippen LogP contribution in [0.25, 0.3) is 22.3 Å². The van der Waals surface area contributed by atoms with Gasteiger partial charge in [0, 0.05) is 16.5 Å². The van der Waals surface area contributed by atoms with E-state index in [9.17, 15) is 19.2 Å². The van der Waals surface area contributed by atoms with E-state index in [0.717, 1.165) is 16.5 Å². The van der Waals surface area contributed by atoms with Crippen molar-refractivity contribution in [1.82, 2.24) is 9.55 Å². The zero-order chi connectivity index (χ0) is 26.5. The quantitative estimate of drug-likeness (QED) is 0.298. The van der Waals surface area contributed by atoms with Crippen molar-refractivity contribution >= 4 is 28.8 Å². The average Bonchev–Trinajstić information content (AvgIpc) is 3.20. The van der Waals surface area contributed by atoms with Gasteiger partial charge >= 0.3 is 17.9 Å². The number of ether oxygens (including phenoxy) is 3. The van der Waals surface area contributed by atoms with Crippen molar-refractivity contribution in [2.24, 2.45) is 0 Å². The van der Waals surface area contributed by atoms with E-state index in [1.165, 1.54) is 0 Å². The summed E-state index contributed by atoms with van der Waals surface area (Å²) in [6, 6.07) is 11.4. The summed E-state index contributed by atoms with van der Waals surface area (Å²) >= 11 is 0. The molecule has 4 heterocycles. The summed E-state index contributed by atoms with van der Waals surface area (Å²) < 4.78 is 17.9. The first kappa shape index (κ1) is 24.7. The van der Waals surface area contributed by atoms with Crippen molar-refractivity contribution in [1.29, 1.82) is 0 Å². The highest BCUT2D eigenvalue weighted by atomic mass is 16.6. The van der Waals surface area contributed by atoms with Crippen molar-refractivity contribution in [3.05, 3.63) is 63.4 Å². The van der Waals surface area contributed by atoms with Gasteiger partial charge in [-0.3, -0.25) is 14.4 Å². The molecule has 2 aromatic heterocycles. The fraction of sp³-hybridized carbons (Fsp3) is 0.393. The van der Waals surface area contributed by atoms with E-state index in [1.807, 2.05) is 30.3 Å². The molecule has 5 rings (SSSR count). The van der Waals surface area contributed by atoms with Gasteiger partial charge in [-0.2, -0.15) is 0 Å². The van der Waals surface area contributed by atoms with Crippen LogP contribution in [-0.4, -0.2) is 33.1 Å². The second-order valence-electron chi connectivity index (χ2n) is 10.3. The fourth-order valence-corrected chi connectivity index (χ4v) is 4.92. The summed E-state index contributed by atoms with van der Waals surface area (Å²) in [5.74, 6) is -2.06. The minimum Gasteiger partial charge on any atom is -0.460 e. The van der Waals surface area contributed by atoms with Gasteiger partial charge in [0.05, 0.1) is 41.9 Å². The number of nitrogens with zero attached hydrogens (tertiary/aromatic N) is 2. The first-order valence-electron chi connectivity index (χ1n) is 12.3. The Morgan fingerprint density at radius 1 is 1.11 bits per heavy atom. The molecule has 192 valence electrons. The van der Waals surface area contributed by atoms with Crippen LogP contribution in [0.5, 0.6) is 0 Å². The van der Waals surface area contributed by atoms with E-state index in [2.05, 4.69) is 0 Å². The lowest BCUT2D eigenvalue weighted by Crippen LogP contribution is -2.47. The zero-order valence-corrected chi connectivity index (χ0v) is 21.3.